The van der Waals surface area contributed by atoms with Crippen LogP contribution in [0.1, 0.15) is 17.9 Å². The van der Waals surface area contributed by atoms with Crippen molar-refractivity contribution in [2.75, 3.05) is 5.75 Å². The third-order valence-electron chi connectivity index (χ3n) is 2.14. The summed E-state index contributed by atoms with van der Waals surface area (Å²) in [7, 11) is 0. The van der Waals surface area contributed by atoms with E-state index in [-0.39, 0.29) is 11.2 Å². The van der Waals surface area contributed by atoms with E-state index in [1.54, 1.807) is 17.8 Å². The molecule has 1 N–H and O–H groups in total. The molecule has 70 valence electrons. The maximum atomic E-state index is 13.3. The minimum Gasteiger partial charge on any atom is -0.298 e. The van der Waals surface area contributed by atoms with Crippen molar-refractivity contribution < 1.29 is 4.39 Å². The standard InChI is InChI=1S/C10H12FNS/c1-7-6-13-10(12-7)8-4-2-3-5-9(8)11/h2-5,7,10,12H,6H2,1H3. The van der Waals surface area contributed by atoms with Gasteiger partial charge in [-0.3, -0.25) is 5.32 Å². The summed E-state index contributed by atoms with van der Waals surface area (Å²) in [6.07, 6.45) is 0. The van der Waals surface area contributed by atoms with Crippen LogP contribution in [0, 0.1) is 5.82 Å². The lowest BCUT2D eigenvalue weighted by Crippen LogP contribution is -2.22. The van der Waals surface area contributed by atoms with E-state index in [2.05, 4.69) is 12.2 Å². The van der Waals surface area contributed by atoms with Gasteiger partial charge in [-0.05, 0) is 13.0 Å². The van der Waals surface area contributed by atoms with E-state index in [1.165, 1.54) is 6.07 Å². The Balaban J connectivity index is 2.21. The molecule has 0 aromatic heterocycles. The maximum Gasteiger partial charge on any atom is 0.128 e. The van der Waals surface area contributed by atoms with Crippen LogP contribution in [0.25, 0.3) is 0 Å². The predicted octanol–water partition coefficient (Wildman–Crippen LogP) is 2.55. The summed E-state index contributed by atoms with van der Waals surface area (Å²) in [5, 5.41) is 3.47. The molecule has 1 aromatic rings. The number of thioether (sulfide) groups is 1. The first-order chi connectivity index (χ1) is 6.27. The fraction of sp³-hybridized carbons (Fsp3) is 0.400. The van der Waals surface area contributed by atoms with Crippen molar-refractivity contribution in [1.82, 2.24) is 5.32 Å². The zero-order valence-corrected chi connectivity index (χ0v) is 8.27. The molecule has 1 heterocycles. The molecule has 1 saturated heterocycles. The summed E-state index contributed by atoms with van der Waals surface area (Å²) in [5.74, 6) is 0.945. The SMILES string of the molecule is CC1CSC(c2ccccc2F)N1. The number of rotatable bonds is 1. The van der Waals surface area contributed by atoms with Crippen LogP contribution < -0.4 is 5.32 Å². The highest BCUT2D eigenvalue weighted by Gasteiger charge is 2.23. The number of nitrogens with one attached hydrogen (secondary N) is 1. The second-order valence-corrected chi connectivity index (χ2v) is 4.44. The Morgan fingerprint density at radius 1 is 1.46 bits per heavy atom. The fourth-order valence-corrected chi connectivity index (χ4v) is 2.74. The lowest BCUT2D eigenvalue weighted by atomic mass is 10.2. The molecule has 1 aliphatic heterocycles. The molecule has 2 rings (SSSR count). The van der Waals surface area contributed by atoms with Crippen LogP contribution in [0.4, 0.5) is 4.39 Å². The molecule has 1 aromatic carbocycles. The van der Waals surface area contributed by atoms with Gasteiger partial charge in [-0.1, -0.05) is 18.2 Å². The molecule has 3 heteroatoms. The summed E-state index contributed by atoms with van der Waals surface area (Å²) in [6, 6.07) is 7.44. The van der Waals surface area contributed by atoms with Crippen LogP contribution in [0.5, 0.6) is 0 Å². The van der Waals surface area contributed by atoms with Gasteiger partial charge in [-0.15, -0.1) is 11.8 Å². The van der Waals surface area contributed by atoms with Crippen LogP contribution in [0.15, 0.2) is 24.3 Å². The predicted molar refractivity (Wildman–Crippen MR) is 54.2 cm³/mol. The minimum atomic E-state index is -0.110. The van der Waals surface area contributed by atoms with Crippen molar-refractivity contribution in [3.63, 3.8) is 0 Å². The van der Waals surface area contributed by atoms with Crippen LogP contribution >= 0.6 is 11.8 Å². The molecule has 1 fully saturated rings. The Labute approximate surface area is 81.7 Å². The van der Waals surface area contributed by atoms with Crippen LogP contribution in [0.3, 0.4) is 0 Å². The quantitative estimate of drug-likeness (QED) is 0.742. The summed E-state index contributed by atoms with van der Waals surface area (Å²) in [5.41, 5.74) is 0.775. The third kappa shape index (κ3) is 1.86. The highest BCUT2D eigenvalue weighted by atomic mass is 32.2. The molecule has 1 aliphatic rings. The van der Waals surface area contributed by atoms with E-state index < -0.39 is 0 Å². The fourth-order valence-electron chi connectivity index (χ4n) is 1.46. The lowest BCUT2D eigenvalue weighted by Gasteiger charge is -2.11. The van der Waals surface area contributed by atoms with Gasteiger partial charge in [0.25, 0.3) is 0 Å². The number of halogens is 1. The van der Waals surface area contributed by atoms with Crippen molar-refractivity contribution in [2.24, 2.45) is 0 Å². The van der Waals surface area contributed by atoms with Gasteiger partial charge in [-0.25, -0.2) is 4.39 Å². The molecular formula is C10H12FNS. The Kier molecular flexibility index (Phi) is 2.56. The average Bonchev–Trinajstić information content (AvgIpc) is 2.53. The molecule has 13 heavy (non-hydrogen) atoms. The van der Waals surface area contributed by atoms with Crippen molar-refractivity contribution >= 4 is 11.8 Å². The molecule has 2 atom stereocenters. The van der Waals surface area contributed by atoms with E-state index in [0.29, 0.717) is 6.04 Å². The summed E-state index contributed by atoms with van der Waals surface area (Å²) < 4.78 is 13.3. The van der Waals surface area contributed by atoms with Gasteiger partial charge in [0.1, 0.15) is 5.82 Å². The highest BCUT2D eigenvalue weighted by Crippen LogP contribution is 2.33. The largest absolute Gasteiger partial charge is 0.298 e. The Hall–Kier alpha value is -0.540. The number of hydrogen-bond donors (Lipinski definition) is 1. The topological polar surface area (TPSA) is 12.0 Å². The lowest BCUT2D eigenvalue weighted by molar-refractivity contribution is 0.568. The zero-order chi connectivity index (χ0) is 9.26. The molecule has 0 amide bonds. The van der Waals surface area contributed by atoms with E-state index in [9.17, 15) is 4.39 Å². The van der Waals surface area contributed by atoms with Crippen LogP contribution in [0.2, 0.25) is 0 Å². The maximum absolute atomic E-state index is 13.3. The molecule has 0 saturated carbocycles. The van der Waals surface area contributed by atoms with Crippen molar-refractivity contribution in [3.8, 4) is 0 Å². The molecule has 0 radical (unpaired) electrons. The summed E-state index contributed by atoms with van der Waals surface area (Å²) >= 11 is 1.77. The van der Waals surface area contributed by atoms with Gasteiger partial charge in [0.15, 0.2) is 0 Å². The minimum absolute atomic E-state index is 0.110. The first kappa shape index (κ1) is 9.03. The Bertz CT molecular complexity index is 303. The molecule has 2 unspecified atom stereocenters. The van der Waals surface area contributed by atoms with E-state index in [0.717, 1.165) is 11.3 Å². The molecule has 0 spiro atoms. The molecule has 0 bridgehead atoms. The first-order valence-electron chi connectivity index (χ1n) is 4.39. The molecule has 0 aliphatic carbocycles. The molecule has 1 nitrogen and oxygen atoms in total. The normalized spacial score (nSPS) is 27.8. The van der Waals surface area contributed by atoms with Gasteiger partial charge in [0.2, 0.25) is 0 Å². The van der Waals surface area contributed by atoms with Gasteiger partial charge in [0, 0.05) is 17.4 Å². The smallest absolute Gasteiger partial charge is 0.128 e. The summed E-state index contributed by atoms with van der Waals surface area (Å²) in [4.78, 5) is 0. The number of benzene rings is 1. The van der Waals surface area contributed by atoms with Crippen LogP contribution in [-0.4, -0.2) is 11.8 Å². The highest BCUT2D eigenvalue weighted by molar-refractivity contribution is 7.99. The van der Waals surface area contributed by atoms with Gasteiger partial charge in [0.05, 0.1) is 5.37 Å². The van der Waals surface area contributed by atoms with E-state index >= 15 is 0 Å². The van der Waals surface area contributed by atoms with Crippen molar-refractivity contribution in [2.45, 2.75) is 18.3 Å². The van der Waals surface area contributed by atoms with Gasteiger partial charge in [-0.2, -0.15) is 0 Å². The zero-order valence-electron chi connectivity index (χ0n) is 7.46. The molecular weight excluding hydrogens is 185 g/mol. The van der Waals surface area contributed by atoms with E-state index in [4.69, 9.17) is 0 Å². The first-order valence-corrected chi connectivity index (χ1v) is 5.44. The van der Waals surface area contributed by atoms with Crippen LogP contribution in [-0.2, 0) is 0 Å². The van der Waals surface area contributed by atoms with Crippen molar-refractivity contribution in [1.29, 1.82) is 0 Å². The second-order valence-electron chi connectivity index (χ2n) is 3.30. The second kappa shape index (κ2) is 3.68. The van der Waals surface area contributed by atoms with Crippen molar-refractivity contribution in [3.05, 3.63) is 35.6 Å². The Morgan fingerprint density at radius 3 is 2.85 bits per heavy atom. The van der Waals surface area contributed by atoms with Gasteiger partial charge >= 0.3 is 0 Å². The third-order valence-corrected chi connectivity index (χ3v) is 3.55. The number of hydrogen-bond acceptors (Lipinski definition) is 2. The Morgan fingerprint density at radius 2 is 2.23 bits per heavy atom. The van der Waals surface area contributed by atoms with Gasteiger partial charge < -0.3 is 0 Å². The van der Waals surface area contributed by atoms with E-state index in [1.807, 2.05) is 12.1 Å². The summed E-state index contributed by atoms with van der Waals surface area (Å²) in [6.45, 7) is 2.12. The monoisotopic (exact) mass is 197 g/mol. The average molecular weight is 197 g/mol.